The number of esters is 1. The predicted octanol–water partition coefficient (Wildman–Crippen LogP) is 4.23. The zero-order valence-corrected chi connectivity index (χ0v) is 40.7. The molecule has 19 heteroatoms. The van der Waals surface area contributed by atoms with Gasteiger partial charge < -0.3 is 50.3 Å². The van der Waals surface area contributed by atoms with Gasteiger partial charge in [-0.3, -0.25) is 33.6 Å². The van der Waals surface area contributed by atoms with E-state index in [1.54, 1.807) is 18.0 Å². The van der Waals surface area contributed by atoms with Crippen molar-refractivity contribution in [2.45, 2.75) is 130 Å². The number of quaternary nitrogens is 1. The summed E-state index contributed by atoms with van der Waals surface area (Å²) in [5.74, 6) is -5.04. The molecule has 0 spiro atoms. The summed E-state index contributed by atoms with van der Waals surface area (Å²) in [4.78, 5) is 98.2. The molecular formula is C46H70N7O11S+. The van der Waals surface area contributed by atoms with Gasteiger partial charge >= 0.3 is 11.9 Å². The second-order valence-corrected chi connectivity index (χ2v) is 19.6. The summed E-state index contributed by atoms with van der Waals surface area (Å²) < 4.78 is 6.12. The lowest BCUT2D eigenvalue weighted by Gasteiger charge is -2.42. The number of hydrogen-bond donors (Lipinski definition) is 6. The molecule has 3 rings (SSSR count). The lowest BCUT2D eigenvalue weighted by atomic mass is 9.92. The number of nitrogens with zero attached hydrogens (tertiary/aromatic N) is 4. The minimum absolute atomic E-state index is 0.00217. The minimum Gasteiger partial charge on any atom is -0.506 e. The van der Waals surface area contributed by atoms with Gasteiger partial charge in [-0.1, -0.05) is 47.1 Å². The molecule has 1 aliphatic heterocycles. The number of aliphatic carboxylic acids is 1. The fourth-order valence-electron chi connectivity index (χ4n) is 7.16. The molecule has 2 heterocycles. The highest BCUT2D eigenvalue weighted by molar-refractivity contribution is 7.09. The SMILES string of the molecule is CCC(C)[C@H](NC(=O)C(C)(C)[N+](C)(C)C)C(=O)N(C)[C@H](C[C@@H](OC(C)=O)c1nc(C(=O)N[C@@H](Cc2ccc(O)c(NC(=O)CCCN3C(=O)C=CC3O)c2)CC(C)C(=O)O)cs1)C(C)C. The first kappa shape index (κ1) is 53.9. The number of nitrogens with one attached hydrogen (secondary N) is 3. The lowest BCUT2D eigenvalue weighted by Crippen LogP contribution is -2.65. The summed E-state index contributed by atoms with van der Waals surface area (Å²) in [6.45, 7) is 14.3. The number of aliphatic hydroxyl groups is 1. The van der Waals surface area contributed by atoms with Crippen LogP contribution in [0.25, 0.3) is 0 Å². The molecule has 5 amide bonds. The van der Waals surface area contributed by atoms with E-state index in [0.29, 0.717) is 21.5 Å². The third-order valence-electron chi connectivity index (χ3n) is 12.4. The monoisotopic (exact) mass is 928 g/mol. The Bertz CT molecular complexity index is 2060. The minimum atomic E-state index is -1.07. The molecule has 0 saturated heterocycles. The van der Waals surface area contributed by atoms with E-state index in [-0.39, 0.29) is 85.3 Å². The molecule has 1 aliphatic rings. The van der Waals surface area contributed by atoms with E-state index in [0.717, 1.165) is 11.3 Å². The Balaban J connectivity index is 1.81. The largest absolute Gasteiger partial charge is 0.506 e. The van der Waals surface area contributed by atoms with Gasteiger partial charge in [-0.15, -0.1) is 11.3 Å². The molecule has 0 bridgehead atoms. The topological polar surface area (TPSA) is 245 Å². The molecule has 1 aromatic heterocycles. The van der Waals surface area contributed by atoms with Crippen molar-refractivity contribution in [3.8, 4) is 5.75 Å². The number of aliphatic hydroxyl groups excluding tert-OH is 1. The van der Waals surface area contributed by atoms with Crippen molar-refractivity contribution in [3.05, 3.63) is 52.0 Å². The Morgan fingerprint density at radius 2 is 1.71 bits per heavy atom. The van der Waals surface area contributed by atoms with Crippen molar-refractivity contribution in [1.82, 2.24) is 25.4 Å². The van der Waals surface area contributed by atoms with E-state index in [1.807, 2.05) is 62.7 Å². The maximum Gasteiger partial charge on any atom is 0.306 e. The van der Waals surface area contributed by atoms with Crippen LogP contribution in [-0.2, 0) is 39.9 Å². The third kappa shape index (κ3) is 14.8. The molecule has 7 atom stereocenters. The Labute approximate surface area is 386 Å². The van der Waals surface area contributed by atoms with Crippen LogP contribution in [-0.4, -0.2) is 141 Å². The average Bonchev–Trinajstić information content (AvgIpc) is 3.84. The highest BCUT2D eigenvalue weighted by atomic mass is 32.1. The summed E-state index contributed by atoms with van der Waals surface area (Å²) in [6, 6.07) is 2.43. The van der Waals surface area contributed by atoms with E-state index < -0.39 is 65.7 Å². The molecule has 2 aromatic rings. The number of hydrogen-bond acceptors (Lipinski definition) is 12. The molecule has 6 N–H and O–H groups in total. The zero-order chi connectivity index (χ0) is 49.1. The maximum absolute atomic E-state index is 14.3. The van der Waals surface area contributed by atoms with Crippen LogP contribution in [0, 0.1) is 17.8 Å². The van der Waals surface area contributed by atoms with E-state index >= 15 is 0 Å². The van der Waals surface area contributed by atoms with Crippen LogP contribution in [0.1, 0.15) is 115 Å². The van der Waals surface area contributed by atoms with Crippen LogP contribution in [0.15, 0.2) is 35.7 Å². The number of rotatable bonds is 24. The van der Waals surface area contributed by atoms with Gasteiger partial charge in [-0.2, -0.15) is 0 Å². The van der Waals surface area contributed by atoms with Gasteiger partial charge in [0.15, 0.2) is 11.6 Å². The number of phenols is 1. The Morgan fingerprint density at radius 1 is 1.05 bits per heavy atom. The fourth-order valence-corrected chi connectivity index (χ4v) is 8.00. The number of amides is 5. The van der Waals surface area contributed by atoms with Crippen molar-refractivity contribution >= 4 is 58.5 Å². The summed E-state index contributed by atoms with van der Waals surface area (Å²) in [5.41, 5.74) is -0.182. The number of carboxylic acid groups (broad SMARTS) is 1. The standard InChI is InChI=1S/C46H69N7O11S/c1-13-27(4)40(50-45(63)46(7,8)53(10,11)12)43(60)51(9)34(26(2)3)24-36(64-29(6)54)42-49-33(25-65-42)41(59)47-31(21-28(5)44(61)62)22-30-16-17-35(55)32(23-30)48-37(56)15-14-20-52-38(57)18-19-39(52)58/h16-19,23,25-28,31,34,36,38,40,57H,13-15,20-22,24H2,1-12H3,(H4-,47,48,50,55,56,59,61,62,63)/p+1/t27?,28?,31-,34-,36-,38?,40+/m1/s1. The molecule has 65 heavy (non-hydrogen) atoms. The van der Waals surface area contributed by atoms with Gasteiger partial charge in [0.25, 0.3) is 11.8 Å². The quantitative estimate of drug-likeness (QED) is 0.0492. The molecule has 3 unspecified atom stereocenters. The van der Waals surface area contributed by atoms with E-state index in [1.165, 1.54) is 48.4 Å². The molecule has 360 valence electrons. The van der Waals surface area contributed by atoms with Crippen molar-refractivity contribution < 1.29 is 58.1 Å². The zero-order valence-electron chi connectivity index (χ0n) is 39.8. The first-order valence-corrected chi connectivity index (χ1v) is 22.9. The first-order chi connectivity index (χ1) is 30.2. The fraction of sp³-hybridized carbons (Fsp3) is 0.609. The summed E-state index contributed by atoms with van der Waals surface area (Å²) in [6.07, 6.45) is 1.76. The Hall–Kier alpha value is -5.40. The van der Waals surface area contributed by atoms with E-state index in [9.17, 15) is 48.9 Å². The van der Waals surface area contributed by atoms with Crippen LogP contribution in [0.5, 0.6) is 5.75 Å². The number of carboxylic acids is 1. The first-order valence-electron chi connectivity index (χ1n) is 22.0. The number of aromatic hydroxyl groups is 1. The summed E-state index contributed by atoms with van der Waals surface area (Å²) in [7, 11) is 7.41. The van der Waals surface area contributed by atoms with Gasteiger partial charge in [0.1, 0.15) is 28.7 Å². The van der Waals surface area contributed by atoms with Gasteiger partial charge in [0.05, 0.1) is 32.7 Å². The number of ether oxygens (including phenoxy) is 1. The normalized spacial score (nSPS) is 16.9. The summed E-state index contributed by atoms with van der Waals surface area (Å²) >= 11 is 1.09. The number of phenolic OH excluding ortho intramolecular Hbond substituents is 1. The van der Waals surface area contributed by atoms with Crippen LogP contribution < -0.4 is 16.0 Å². The van der Waals surface area contributed by atoms with Gasteiger partial charge in [-0.05, 0) is 68.7 Å². The number of thiazole rings is 1. The number of carbonyl (C=O) groups is 7. The predicted molar refractivity (Wildman–Crippen MR) is 245 cm³/mol. The van der Waals surface area contributed by atoms with Crippen molar-refractivity contribution in [2.75, 3.05) is 40.1 Å². The van der Waals surface area contributed by atoms with Gasteiger partial charge in [-0.25, -0.2) is 4.98 Å². The van der Waals surface area contributed by atoms with Crippen LogP contribution >= 0.6 is 11.3 Å². The smallest absolute Gasteiger partial charge is 0.306 e. The molecule has 18 nitrogen and oxygen atoms in total. The number of anilines is 1. The third-order valence-corrected chi connectivity index (χ3v) is 13.4. The molecule has 0 fully saturated rings. The highest BCUT2D eigenvalue weighted by Crippen LogP contribution is 2.32. The maximum atomic E-state index is 14.3. The number of likely N-dealkylation sites (N-methyl/N-ethyl adjacent to an activating group) is 2. The molecule has 1 aromatic carbocycles. The Morgan fingerprint density at radius 3 is 2.26 bits per heavy atom. The molecule has 0 aliphatic carbocycles. The van der Waals surface area contributed by atoms with Gasteiger partial charge in [0.2, 0.25) is 17.7 Å². The summed E-state index contributed by atoms with van der Waals surface area (Å²) in [5, 5.41) is 40.6. The van der Waals surface area contributed by atoms with E-state index in [4.69, 9.17) is 4.74 Å². The Kier molecular flexibility index (Phi) is 19.2. The van der Waals surface area contributed by atoms with Crippen molar-refractivity contribution in [1.29, 1.82) is 0 Å². The van der Waals surface area contributed by atoms with Crippen LogP contribution in [0.3, 0.4) is 0 Å². The number of benzene rings is 1. The number of carbonyl (C=O) groups excluding carboxylic acids is 6. The highest BCUT2D eigenvalue weighted by Gasteiger charge is 2.44. The van der Waals surface area contributed by atoms with Crippen molar-refractivity contribution in [3.63, 3.8) is 0 Å². The van der Waals surface area contributed by atoms with E-state index in [2.05, 4.69) is 20.9 Å². The number of aromatic nitrogens is 1. The molecular weight excluding hydrogens is 859 g/mol. The van der Waals surface area contributed by atoms with Crippen LogP contribution in [0.2, 0.25) is 0 Å². The lowest BCUT2D eigenvalue weighted by molar-refractivity contribution is -0.908. The average molecular weight is 929 g/mol. The second kappa shape index (κ2) is 23.2. The van der Waals surface area contributed by atoms with Crippen LogP contribution in [0.4, 0.5) is 5.69 Å². The molecule has 0 saturated carbocycles. The van der Waals surface area contributed by atoms with Crippen molar-refractivity contribution in [2.24, 2.45) is 17.8 Å². The molecule has 0 radical (unpaired) electrons. The second-order valence-electron chi connectivity index (χ2n) is 18.7. The van der Waals surface area contributed by atoms with Gasteiger partial charge in [0, 0.05) is 56.9 Å².